The number of aromatic nitrogens is 1. The van der Waals surface area contributed by atoms with Gasteiger partial charge in [0.15, 0.2) is 0 Å². The Labute approximate surface area is 78.3 Å². The van der Waals surface area contributed by atoms with E-state index < -0.39 is 0 Å². The second-order valence-corrected chi connectivity index (χ2v) is 3.17. The van der Waals surface area contributed by atoms with Gasteiger partial charge in [-0.05, 0) is 25.0 Å². The molecule has 0 spiro atoms. The van der Waals surface area contributed by atoms with Crippen LogP contribution in [0.4, 0.5) is 5.69 Å². The lowest BCUT2D eigenvalue weighted by atomic mass is 10.3. The molecule has 3 heteroatoms. The van der Waals surface area contributed by atoms with Crippen molar-refractivity contribution >= 4 is 5.69 Å². The van der Waals surface area contributed by atoms with Gasteiger partial charge in [-0.25, -0.2) is 0 Å². The first-order chi connectivity index (χ1) is 6.42. The third-order valence-corrected chi connectivity index (χ3v) is 2.41. The van der Waals surface area contributed by atoms with E-state index in [-0.39, 0.29) is 6.23 Å². The standard InChI is InChI=1S/C10H13N2O/c1-13-10-3-2-8-12(10)9-4-6-11-7-5-9/h4-6,10H,2-3,8H2,1H3. The molecule has 1 saturated heterocycles. The molecule has 1 aliphatic heterocycles. The Morgan fingerprint density at radius 2 is 2.62 bits per heavy atom. The van der Waals surface area contributed by atoms with Crippen molar-refractivity contribution in [3.05, 3.63) is 24.5 Å². The average molecular weight is 177 g/mol. The van der Waals surface area contributed by atoms with E-state index in [1.165, 1.54) is 6.42 Å². The minimum Gasteiger partial charge on any atom is -0.362 e. The summed E-state index contributed by atoms with van der Waals surface area (Å²) >= 11 is 0. The van der Waals surface area contributed by atoms with Gasteiger partial charge in [0.1, 0.15) is 6.23 Å². The smallest absolute Gasteiger partial charge is 0.129 e. The van der Waals surface area contributed by atoms with E-state index >= 15 is 0 Å². The Hall–Kier alpha value is -1.09. The Kier molecular flexibility index (Phi) is 2.45. The summed E-state index contributed by atoms with van der Waals surface area (Å²) in [6.45, 7) is 1.07. The molecule has 1 aromatic rings. The van der Waals surface area contributed by atoms with Gasteiger partial charge in [-0.2, -0.15) is 0 Å². The predicted molar refractivity (Wildman–Crippen MR) is 50.5 cm³/mol. The fourth-order valence-electron chi connectivity index (χ4n) is 1.76. The lowest BCUT2D eigenvalue weighted by Crippen LogP contribution is -2.30. The Balaban J connectivity index is 2.16. The van der Waals surface area contributed by atoms with Crippen LogP contribution in [0.5, 0.6) is 0 Å². The molecule has 2 rings (SSSR count). The van der Waals surface area contributed by atoms with Crippen LogP contribution in [-0.2, 0) is 4.74 Å². The molecule has 1 unspecified atom stereocenters. The first-order valence-electron chi connectivity index (χ1n) is 4.53. The molecule has 1 fully saturated rings. The molecule has 0 aliphatic carbocycles. The maximum Gasteiger partial charge on any atom is 0.129 e. The van der Waals surface area contributed by atoms with Gasteiger partial charge in [0.2, 0.25) is 0 Å². The molecule has 1 atom stereocenters. The summed E-state index contributed by atoms with van der Waals surface area (Å²) in [5, 5.41) is 0. The van der Waals surface area contributed by atoms with Crippen LogP contribution in [0.15, 0.2) is 18.3 Å². The number of pyridine rings is 1. The number of hydrogen-bond donors (Lipinski definition) is 0. The van der Waals surface area contributed by atoms with Crippen LogP contribution < -0.4 is 4.90 Å². The van der Waals surface area contributed by atoms with E-state index in [2.05, 4.69) is 16.1 Å². The van der Waals surface area contributed by atoms with Crippen molar-refractivity contribution in [1.29, 1.82) is 0 Å². The predicted octanol–water partition coefficient (Wildman–Crippen LogP) is 1.45. The van der Waals surface area contributed by atoms with Crippen molar-refractivity contribution in [3.63, 3.8) is 0 Å². The summed E-state index contributed by atoms with van der Waals surface area (Å²) in [5.41, 5.74) is 1.15. The van der Waals surface area contributed by atoms with Crippen LogP contribution in [0.25, 0.3) is 0 Å². The zero-order valence-corrected chi connectivity index (χ0v) is 7.73. The van der Waals surface area contributed by atoms with E-state index in [1.807, 2.05) is 12.1 Å². The number of hydrogen-bond acceptors (Lipinski definition) is 3. The molecule has 0 aromatic carbocycles. The van der Waals surface area contributed by atoms with Crippen LogP contribution in [0.3, 0.4) is 0 Å². The third kappa shape index (κ3) is 1.65. The second kappa shape index (κ2) is 3.75. The summed E-state index contributed by atoms with van der Waals surface area (Å²) in [5.74, 6) is 0. The van der Waals surface area contributed by atoms with E-state index in [4.69, 9.17) is 4.74 Å². The monoisotopic (exact) mass is 177 g/mol. The first-order valence-corrected chi connectivity index (χ1v) is 4.53. The SMILES string of the molecule is COC1CCCN1c1c[c]ncc1. The molecule has 1 aliphatic rings. The van der Waals surface area contributed by atoms with Crippen LogP contribution in [0.2, 0.25) is 0 Å². The molecular weight excluding hydrogens is 164 g/mol. The highest BCUT2D eigenvalue weighted by Crippen LogP contribution is 2.24. The molecule has 1 aromatic heterocycles. The van der Waals surface area contributed by atoms with Crippen LogP contribution in [-0.4, -0.2) is 24.9 Å². The van der Waals surface area contributed by atoms with Gasteiger partial charge in [-0.1, -0.05) is 0 Å². The number of rotatable bonds is 2. The minimum atomic E-state index is 0.232. The molecule has 0 N–H and O–H groups in total. The van der Waals surface area contributed by atoms with Crippen LogP contribution in [0.1, 0.15) is 12.8 Å². The first kappa shape index (κ1) is 8.51. The summed E-state index contributed by atoms with van der Waals surface area (Å²) in [7, 11) is 1.76. The van der Waals surface area contributed by atoms with Gasteiger partial charge in [-0.3, -0.25) is 4.98 Å². The highest BCUT2D eigenvalue weighted by molar-refractivity contribution is 5.45. The highest BCUT2D eigenvalue weighted by atomic mass is 16.5. The molecule has 0 saturated carbocycles. The Morgan fingerprint density at radius 1 is 1.69 bits per heavy atom. The normalized spacial score (nSPS) is 22.2. The molecule has 0 amide bonds. The lowest BCUT2D eigenvalue weighted by molar-refractivity contribution is 0.111. The number of methoxy groups -OCH3 is 1. The quantitative estimate of drug-likeness (QED) is 0.683. The molecule has 3 nitrogen and oxygen atoms in total. The van der Waals surface area contributed by atoms with Gasteiger partial charge in [-0.15, -0.1) is 0 Å². The lowest BCUT2D eigenvalue weighted by Gasteiger charge is -2.24. The van der Waals surface area contributed by atoms with E-state index in [0.29, 0.717) is 0 Å². The Morgan fingerprint density at radius 3 is 3.31 bits per heavy atom. The van der Waals surface area contributed by atoms with Gasteiger partial charge in [0.25, 0.3) is 0 Å². The topological polar surface area (TPSA) is 25.4 Å². The van der Waals surface area contributed by atoms with E-state index in [9.17, 15) is 0 Å². The summed E-state index contributed by atoms with van der Waals surface area (Å²) in [6, 6.07) is 3.89. The molecule has 2 heterocycles. The average Bonchev–Trinajstić information content (AvgIpc) is 2.67. The van der Waals surface area contributed by atoms with Crippen molar-refractivity contribution in [2.24, 2.45) is 0 Å². The van der Waals surface area contributed by atoms with Gasteiger partial charge in [0.05, 0.1) is 6.20 Å². The third-order valence-electron chi connectivity index (χ3n) is 2.41. The molecule has 69 valence electrons. The summed E-state index contributed by atoms with van der Waals surface area (Å²) < 4.78 is 5.37. The fraction of sp³-hybridized carbons (Fsp3) is 0.500. The zero-order chi connectivity index (χ0) is 9.10. The van der Waals surface area contributed by atoms with Gasteiger partial charge >= 0.3 is 0 Å². The zero-order valence-electron chi connectivity index (χ0n) is 7.73. The maximum atomic E-state index is 5.37. The van der Waals surface area contributed by atoms with Crippen molar-refractivity contribution in [3.8, 4) is 0 Å². The van der Waals surface area contributed by atoms with Gasteiger partial charge in [0, 0.05) is 25.5 Å². The van der Waals surface area contributed by atoms with Crippen LogP contribution in [0, 0.1) is 6.20 Å². The largest absolute Gasteiger partial charge is 0.362 e. The maximum absolute atomic E-state index is 5.37. The number of ether oxygens (including phenoxy) is 1. The molecular formula is C10H13N2O. The summed E-state index contributed by atoms with van der Waals surface area (Å²) in [4.78, 5) is 6.12. The van der Waals surface area contributed by atoms with Gasteiger partial charge < -0.3 is 9.64 Å². The minimum absolute atomic E-state index is 0.232. The number of anilines is 1. The van der Waals surface area contributed by atoms with E-state index in [0.717, 1.165) is 18.7 Å². The van der Waals surface area contributed by atoms with E-state index in [1.54, 1.807) is 13.3 Å². The van der Waals surface area contributed by atoms with Crippen molar-refractivity contribution in [2.75, 3.05) is 18.6 Å². The van der Waals surface area contributed by atoms with Crippen molar-refractivity contribution in [2.45, 2.75) is 19.1 Å². The summed E-state index contributed by atoms with van der Waals surface area (Å²) in [6.07, 6.45) is 7.14. The van der Waals surface area contributed by atoms with Crippen molar-refractivity contribution < 1.29 is 4.74 Å². The molecule has 13 heavy (non-hydrogen) atoms. The molecule has 0 bridgehead atoms. The second-order valence-electron chi connectivity index (χ2n) is 3.17. The highest BCUT2D eigenvalue weighted by Gasteiger charge is 2.23. The molecule has 1 radical (unpaired) electrons. The number of nitrogens with zero attached hydrogens (tertiary/aromatic N) is 2. The van der Waals surface area contributed by atoms with Crippen molar-refractivity contribution in [1.82, 2.24) is 4.98 Å². The fourth-order valence-corrected chi connectivity index (χ4v) is 1.76. The Bertz CT molecular complexity index is 263. The van der Waals surface area contributed by atoms with Crippen LogP contribution >= 0.6 is 0 Å².